The van der Waals surface area contributed by atoms with Gasteiger partial charge in [-0.3, -0.25) is 10.1 Å². The van der Waals surface area contributed by atoms with E-state index in [1.54, 1.807) is 38.1 Å². The number of fused-ring (bicyclic) bond motifs is 1. The van der Waals surface area contributed by atoms with Gasteiger partial charge in [0.05, 0.1) is 10.2 Å². The molecule has 0 aliphatic carbocycles. The molecule has 0 bridgehead atoms. The summed E-state index contributed by atoms with van der Waals surface area (Å²) in [6.45, 7) is 5.44. The fourth-order valence-corrected chi connectivity index (χ4v) is 3.30. The van der Waals surface area contributed by atoms with Gasteiger partial charge in [0.2, 0.25) is 0 Å². The van der Waals surface area contributed by atoms with Crippen molar-refractivity contribution in [2.75, 3.05) is 5.32 Å². The third-order valence-corrected chi connectivity index (χ3v) is 4.76. The molecule has 4 nitrogen and oxygen atoms in total. The van der Waals surface area contributed by atoms with Gasteiger partial charge in [0.25, 0.3) is 5.91 Å². The second-order valence-corrected chi connectivity index (χ2v) is 7.43. The first-order valence-corrected chi connectivity index (χ1v) is 8.67. The van der Waals surface area contributed by atoms with E-state index in [9.17, 15) is 4.79 Å². The SMILES string of the molecule is Cc1cccc2sc(NC(=O)C(C)(C)Oc3ccc(Cl)cc3)nc12. The predicted molar refractivity (Wildman–Crippen MR) is 99.1 cm³/mol. The number of hydrogen-bond acceptors (Lipinski definition) is 4. The summed E-state index contributed by atoms with van der Waals surface area (Å²) in [6, 6.07) is 12.9. The monoisotopic (exact) mass is 360 g/mol. The summed E-state index contributed by atoms with van der Waals surface area (Å²) in [5.41, 5.74) is 0.955. The van der Waals surface area contributed by atoms with Crippen molar-refractivity contribution in [3.8, 4) is 5.75 Å². The van der Waals surface area contributed by atoms with Crippen molar-refractivity contribution in [1.29, 1.82) is 0 Å². The number of halogens is 1. The molecule has 0 radical (unpaired) electrons. The average Bonchev–Trinajstić information content (AvgIpc) is 2.93. The van der Waals surface area contributed by atoms with Crippen LogP contribution in [0.2, 0.25) is 5.02 Å². The van der Waals surface area contributed by atoms with Gasteiger partial charge >= 0.3 is 0 Å². The van der Waals surface area contributed by atoms with Crippen LogP contribution >= 0.6 is 22.9 Å². The summed E-state index contributed by atoms with van der Waals surface area (Å²) in [5, 5.41) is 4.03. The Balaban J connectivity index is 1.76. The lowest BCUT2D eigenvalue weighted by molar-refractivity contribution is -0.128. The molecule has 0 spiro atoms. The van der Waals surface area contributed by atoms with Crippen molar-refractivity contribution in [1.82, 2.24) is 4.98 Å². The smallest absolute Gasteiger partial charge is 0.269 e. The number of nitrogens with zero attached hydrogens (tertiary/aromatic N) is 1. The number of ether oxygens (including phenoxy) is 1. The molecule has 0 unspecified atom stereocenters. The standard InChI is InChI=1S/C18H17ClN2O2S/c1-11-5-4-6-14-15(11)20-17(24-14)21-16(22)18(2,3)23-13-9-7-12(19)8-10-13/h4-10H,1-3H3,(H,20,21,22). The van der Waals surface area contributed by atoms with E-state index in [0.29, 0.717) is 15.9 Å². The van der Waals surface area contributed by atoms with Gasteiger partial charge in [0.15, 0.2) is 10.7 Å². The number of para-hydroxylation sites is 1. The maximum atomic E-state index is 12.6. The Morgan fingerprint density at radius 2 is 1.92 bits per heavy atom. The predicted octanol–water partition coefficient (Wildman–Crippen LogP) is 5.05. The minimum Gasteiger partial charge on any atom is -0.478 e. The molecule has 24 heavy (non-hydrogen) atoms. The first-order valence-electron chi connectivity index (χ1n) is 7.47. The number of nitrogens with one attached hydrogen (secondary N) is 1. The molecule has 1 amide bonds. The Labute approximate surface area is 149 Å². The van der Waals surface area contributed by atoms with E-state index in [2.05, 4.69) is 10.3 Å². The zero-order chi connectivity index (χ0) is 17.3. The first-order chi connectivity index (χ1) is 11.3. The van der Waals surface area contributed by atoms with E-state index in [-0.39, 0.29) is 5.91 Å². The lowest BCUT2D eigenvalue weighted by atomic mass is 10.1. The van der Waals surface area contributed by atoms with Gasteiger partial charge in [-0.25, -0.2) is 4.98 Å². The van der Waals surface area contributed by atoms with Crippen molar-refractivity contribution in [3.63, 3.8) is 0 Å². The molecule has 0 aliphatic heterocycles. The van der Waals surface area contributed by atoms with E-state index in [1.165, 1.54) is 11.3 Å². The van der Waals surface area contributed by atoms with E-state index in [4.69, 9.17) is 16.3 Å². The van der Waals surface area contributed by atoms with Crippen LogP contribution in [0.3, 0.4) is 0 Å². The molecule has 0 aliphatic rings. The molecular formula is C18H17ClN2O2S. The molecule has 0 atom stereocenters. The molecule has 3 aromatic rings. The zero-order valence-corrected chi connectivity index (χ0v) is 15.2. The molecule has 1 heterocycles. The second-order valence-electron chi connectivity index (χ2n) is 5.96. The number of carbonyl (C=O) groups excluding carboxylic acids is 1. The Kier molecular flexibility index (Phi) is 4.47. The van der Waals surface area contributed by atoms with Crippen LogP contribution in [-0.4, -0.2) is 16.5 Å². The maximum absolute atomic E-state index is 12.6. The van der Waals surface area contributed by atoms with Crippen LogP contribution in [0.1, 0.15) is 19.4 Å². The topological polar surface area (TPSA) is 51.2 Å². The Hall–Kier alpha value is -2.11. The van der Waals surface area contributed by atoms with Crippen molar-refractivity contribution >= 4 is 44.2 Å². The lowest BCUT2D eigenvalue weighted by Crippen LogP contribution is -2.42. The number of aromatic nitrogens is 1. The van der Waals surface area contributed by atoms with Gasteiger partial charge in [-0.2, -0.15) is 0 Å². The van der Waals surface area contributed by atoms with Crippen molar-refractivity contribution in [2.24, 2.45) is 0 Å². The summed E-state index contributed by atoms with van der Waals surface area (Å²) in [4.78, 5) is 17.1. The fraction of sp³-hybridized carbons (Fsp3) is 0.222. The fourth-order valence-electron chi connectivity index (χ4n) is 2.23. The first kappa shape index (κ1) is 16.7. The Morgan fingerprint density at radius 3 is 2.58 bits per heavy atom. The maximum Gasteiger partial charge on any atom is 0.269 e. The van der Waals surface area contributed by atoms with Crippen LogP contribution in [0, 0.1) is 6.92 Å². The number of benzene rings is 2. The summed E-state index contributed by atoms with van der Waals surface area (Å²) >= 11 is 7.31. The molecule has 1 N–H and O–H groups in total. The number of aryl methyl sites for hydroxylation is 1. The number of hydrogen-bond donors (Lipinski definition) is 1. The Bertz CT molecular complexity index is 888. The third kappa shape index (κ3) is 3.52. The van der Waals surface area contributed by atoms with E-state index in [0.717, 1.165) is 15.8 Å². The summed E-state index contributed by atoms with van der Waals surface area (Å²) in [5.74, 6) is 0.328. The molecule has 0 saturated carbocycles. The normalized spacial score (nSPS) is 11.5. The second kappa shape index (κ2) is 6.42. The van der Waals surface area contributed by atoms with Crippen LogP contribution in [0.5, 0.6) is 5.75 Å². The van der Waals surface area contributed by atoms with Crippen molar-refractivity contribution in [2.45, 2.75) is 26.4 Å². The quantitative estimate of drug-likeness (QED) is 0.707. The summed E-state index contributed by atoms with van der Waals surface area (Å²) in [6.07, 6.45) is 0. The molecule has 1 aromatic heterocycles. The van der Waals surface area contributed by atoms with Crippen LogP contribution in [0.25, 0.3) is 10.2 Å². The highest BCUT2D eigenvalue weighted by atomic mass is 35.5. The largest absolute Gasteiger partial charge is 0.478 e. The van der Waals surface area contributed by atoms with E-state index >= 15 is 0 Å². The molecule has 124 valence electrons. The minimum atomic E-state index is -1.04. The molecule has 0 saturated heterocycles. The molecular weight excluding hydrogens is 344 g/mol. The highest BCUT2D eigenvalue weighted by Crippen LogP contribution is 2.29. The van der Waals surface area contributed by atoms with Crippen LogP contribution < -0.4 is 10.1 Å². The molecule has 3 rings (SSSR count). The highest BCUT2D eigenvalue weighted by molar-refractivity contribution is 7.22. The van der Waals surface area contributed by atoms with Crippen LogP contribution in [0.4, 0.5) is 5.13 Å². The molecule has 0 fully saturated rings. The summed E-state index contributed by atoms with van der Waals surface area (Å²) < 4.78 is 6.84. The van der Waals surface area contributed by atoms with E-state index in [1.807, 2.05) is 25.1 Å². The van der Waals surface area contributed by atoms with Gasteiger partial charge in [0, 0.05) is 5.02 Å². The van der Waals surface area contributed by atoms with Gasteiger partial charge in [0.1, 0.15) is 5.75 Å². The summed E-state index contributed by atoms with van der Waals surface area (Å²) in [7, 11) is 0. The van der Waals surface area contributed by atoms with Crippen molar-refractivity contribution in [3.05, 3.63) is 53.1 Å². The minimum absolute atomic E-state index is 0.255. The number of amides is 1. The van der Waals surface area contributed by atoms with E-state index < -0.39 is 5.60 Å². The van der Waals surface area contributed by atoms with Gasteiger partial charge in [-0.05, 0) is 56.7 Å². The van der Waals surface area contributed by atoms with Gasteiger partial charge < -0.3 is 4.74 Å². The van der Waals surface area contributed by atoms with Crippen LogP contribution in [-0.2, 0) is 4.79 Å². The lowest BCUT2D eigenvalue weighted by Gasteiger charge is -2.24. The van der Waals surface area contributed by atoms with Crippen LogP contribution in [0.15, 0.2) is 42.5 Å². The molecule has 2 aromatic carbocycles. The van der Waals surface area contributed by atoms with Gasteiger partial charge in [-0.15, -0.1) is 0 Å². The Morgan fingerprint density at radius 1 is 1.21 bits per heavy atom. The average molecular weight is 361 g/mol. The number of thiazole rings is 1. The highest BCUT2D eigenvalue weighted by Gasteiger charge is 2.30. The number of anilines is 1. The number of rotatable bonds is 4. The number of carbonyl (C=O) groups is 1. The third-order valence-electron chi connectivity index (χ3n) is 3.57. The molecule has 6 heteroatoms. The van der Waals surface area contributed by atoms with Gasteiger partial charge in [-0.1, -0.05) is 35.1 Å². The zero-order valence-electron chi connectivity index (χ0n) is 13.6. The van der Waals surface area contributed by atoms with Crippen molar-refractivity contribution < 1.29 is 9.53 Å².